The minimum atomic E-state index is -4.45. The Balaban J connectivity index is 5.37. The zero-order valence-corrected chi connectivity index (χ0v) is 48.1. The van der Waals surface area contributed by atoms with Gasteiger partial charge in [0.1, 0.15) is 19.3 Å². The number of phosphoric ester groups is 1. The van der Waals surface area contributed by atoms with E-state index in [1.807, 2.05) is 33.3 Å². The molecule has 3 unspecified atom stereocenters. The van der Waals surface area contributed by atoms with Crippen molar-refractivity contribution in [3.8, 4) is 0 Å². The molecule has 414 valence electrons. The molecule has 0 rings (SSSR count). The Morgan fingerprint density at radius 1 is 0.493 bits per heavy atom. The van der Waals surface area contributed by atoms with Gasteiger partial charge in [-0.3, -0.25) is 18.6 Å². The summed E-state index contributed by atoms with van der Waals surface area (Å²) in [4.78, 5) is 37.6. The first-order valence-electron chi connectivity index (χ1n) is 29.6. The molecule has 0 aliphatic heterocycles. The Hall–Kier alpha value is -2.29. The molecule has 0 aromatic rings. The highest BCUT2D eigenvalue weighted by Crippen LogP contribution is 2.43. The second-order valence-corrected chi connectivity index (χ2v) is 22.6. The van der Waals surface area contributed by atoms with Gasteiger partial charge in [-0.15, -0.1) is 0 Å². The molecule has 0 fully saturated rings. The van der Waals surface area contributed by atoms with Crippen molar-refractivity contribution in [2.45, 2.75) is 277 Å². The molecule has 0 aromatic heterocycles. The number of phosphoric acid groups is 1. The van der Waals surface area contributed by atoms with Crippen LogP contribution in [0.15, 0.2) is 60.8 Å². The lowest BCUT2D eigenvalue weighted by atomic mass is 10.0. The average molecular weight is 1020 g/mol. The number of hydrogen-bond acceptors (Lipinski definition) is 6. The van der Waals surface area contributed by atoms with Crippen molar-refractivity contribution >= 4 is 19.7 Å². The monoisotopic (exact) mass is 1020 g/mol. The van der Waals surface area contributed by atoms with Crippen molar-refractivity contribution in [1.29, 1.82) is 0 Å². The van der Waals surface area contributed by atoms with Gasteiger partial charge in [-0.05, 0) is 76.7 Å². The zero-order chi connectivity index (χ0) is 52.2. The van der Waals surface area contributed by atoms with E-state index in [1.54, 1.807) is 0 Å². The fourth-order valence-corrected chi connectivity index (χ4v) is 9.07. The van der Waals surface area contributed by atoms with Crippen LogP contribution in [0, 0.1) is 0 Å². The lowest BCUT2D eigenvalue weighted by Crippen LogP contribution is -2.47. The van der Waals surface area contributed by atoms with Crippen LogP contribution < -0.4 is 5.32 Å². The Labute approximate surface area is 439 Å². The van der Waals surface area contributed by atoms with Gasteiger partial charge >= 0.3 is 13.8 Å². The van der Waals surface area contributed by atoms with Crippen molar-refractivity contribution in [1.82, 2.24) is 5.32 Å². The van der Waals surface area contributed by atoms with E-state index >= 15 is 0 Å². The summed E-state index contributed by atoms with van der Waals surface area (Å²) in [6, 6.07) is -0.863. The van der Waals surface area contributed by atoms with Crippen molar-refractivity contribution in [3.05, 3.63) is 60.8 Å². The van der Waals surface area contributed by atoms with Gasteiger partial charge in [-0.1, -0.05) is 236 Å². The van der Waals surface area contributed by atoms with Gasteiger partial charge in [0.2, 0.25) is 5.91 Å². The molecule has 3 atom stereocenters. The highest BCUT2D eigenvalue weighted by molar-refractivity contribution is 7.47. The standard InChI is InChI=1S/C61H113N2O7P/c1-7-10-13-16-19-22-25-28-30-31-32-33-34-35-38-41-44-47-50-53-60(64)62-58(57-69-71(66,67)68-56-55-63(4,5)6)59(52-49-46-43-40-37-27-24-21-18-15-12-9-3)70-61(65)54-51-48-45-42-39-36-29-26-23-20-17-14-11-8-2/h19,22,28,30,32-33,35,38,49,52,58-59H,7-18,20-21,23-27,29,31,34,36-37,39-48,50-51,53-57H2,1-6H3,(H-,62,64,66,67)/p+1/b22-19-,30-28-,33-32-,38-35-,52-49-. The van der Waals surface area contributed by atoms with Gasteiger partial charge in [0.15, 0.2) is 0 Å². The number of amides is 1. The lowest BCUT2D eigenvalue weighted by molar-refractivity contribution is -0.870. The summed E-state index contributed by atoms with van der Waals surface area (Å²) < 4.78 is 30.6. The molecular formula is C61H114N2O7P+. The van der Waals surface area contributed by atoms with Crippen LogP contribution in [0.4, 0.5) is 0 Å². The minimum Gasteiger partial charge on any atom is -0.456 e. The number of carbonyl (C=O) groups excluding carboxylic acids is 2. The fraction of sp³-hybridized carbons (Fsp3) is 0.803. The molecule has 0 aromatic carbocycles. The second kappa shape index (κ2) is 51.2. The summed E-state index contributed by atoms with van der Waals surface area (Å²) >= 11 is 0. The van der Waals surface area contributed by atoms with Crippen LogP contribution in [0.1, 0.15) is 265 Å². The van der Waals surface area contributed by atoms with Gasteiger partial charge in [-0.25, -0.2) is 4.57 Å². The van der Waals surface area contributed by atoms with Gasteiger partial charge in [0.05, 0.1) is 33.8 Å². The normalized spacial score (nSPS) is 14.2. The average Bonchev–Trinajstić information content (AvgIpc) is 3.33. The number of allylic oxidation sites excluding steroid dienone is 9. The first-order chi connectivity index (χ1) is 34.4. The van der Waals surface area contributed by atoms with E-state index < -0.39 is 20.0 Å². The molecular weight excluding hydrogens is 904 g/mol. The minimum absolute atomic E-state index is 0.0335. The number of hydrogen-bond donors (Lipinski definition) is 2. The van der Waals surface area contributed by atoms with Crippen LogP contribution in [0.25, 0.3) is 0 Å². The van der Waals surface area contributed by atoms with Crippen molar-refractivity contribution in [2.24, 2.45) is 0 Å². The van der Waals surface area contributed by atoms with Crippen LogP contribution in [0.2, 0.25) is 0 Å². The highest BCUT2D eigenvalue weighted by Gasteiger charge is 2.30. The number of nitrogens with zero attached hydrogens (tertiary/aromatic N) is 1. The molecule has 0 bridgehead atoms. The van der Waals surface area contributed by atoms with E-state index in [9.17, 15) is 19.0 Å². The third kappa shape index (κ3) is 52.4. The number of rotatable bonds is 53. The number of ether oxygens (including phenoxy) is 1. The Bertz CT molecular complexity index is 1400. The summed E-state index contributed by atoms with van der Waals surface area (Å²) in [6.07, 6.45) is 63.5. The van der Waals surface area contributed by atoms with E-state index in [1.165, 1.54) is 148 Å². The molecule has 9 nitrogen and oxygen atoms in total. The summed E-state index contributed by atoms with van der Waals surface area (Å²) in [5, 5.41) is 3.03. The predicted molar refractivity (Wildman–Crippen MR) is 305 cm³/mol. The quantitative estimate of drug-likeness (QED) is 0.0205. The smallest absolute Gasteiger partial charge is 0.456 e. The van der Waals surface area contributed by atoms with E-state index in [-0.39, 0.29) is 31.5 Å². The topological polar surface area (TPSA) is 111 Å². The second-order valence-electron chi connectivity index (χ2n) is 21.2. The molecule has 0 radical (unpaired) electrons. The van der Waals surface area contributed by atoms with Crippen LogP contribution in [0.3, 0.4) is 0 Å². The molecule has 2 N–H and O–H groups in total. The van der Waals surface area contributed by atoms with Crippen LogP contribution in [0.5, 0.6) is 0 Å². The number of quaternary nitrogens is 1. The van der Waals surface area contributed by atoms with Crippen molar-refractivity contribution in [2.75, 3.05) is 40.9 Å². The molecule has 0 saturated heterocycles. The van der Waals surface area contributed by atoms with Gasteiger partial charge < -0.3 is 19.4 Å². The largest absolute Gasteiger partial charge is 0.472 e. The number of nitrogens with one attached hydrogen (secondary N) is 1. The van der Waals surface area contributed by atoms with Crippen LogP contribution >= 0.6 is 7.82 Å². The van der Waals surface area contributed by atoms with Gasteiger partial charge in [0.25, 0.3) is 0 Å². The predicted octanol–water partition coefficient (Wildman–Crippen LogP) is 17.9. The molecule has 0 heterocycles. The van der Waals surface area contributed by atoms with Crippen molar-refractivity contribution in [3.63, 3.8) is 0 Å². The zero-order valence-electron chi connectivity index (χ0n) is 47.2. The molecule has 0 aliphatic rings. The molecule has 0 aliphatic carbocycles. The summed E-state index contributed by atoms with van der Waals surface area (Å²) in [7, 11) is 1.48. The maximum atomic E-state index is 13.5. The van der Waals surface area contributed by atoms with Gasteiger partial charge in [-0.2, -0.15) is 0 Å². The molecule has 10 heteroatoms. The van der Waals surface area contributed by atoms with E-state index in [2.05, 4.69) is 74.7 Å². The molecule has 1 amide bonds. The lowest BCUT2D eigenvalue weighted by Gasteiger charge is -2.27. The highest BCUT2D eigenvalue weighted by atomic mass is 31.2. The Morgan fingerprint density at radius 2 is 0.859 bits per heavy atom. The van der Waals surface area contributed by atoms with Crippen LogP contribution in [-0.2, 0) is 27.9 Å². The Kier molecular flexibility index (Phi) is 49.6. The summed E-state index contributed by atoms with van der Waals surface area (Å²) in [6.45, 7) is 6.96. The fourth-order valence-electron chi connectivity index (χ4n) is 8.33. The Morgan fingerprint density at radius 3 is 1.32 bits per heavy atom. The number of unbranched alkanes of at least 4 members (excludes halogenated alkanes) is 29. The third-order valence-corrected chi connectivity index (χ3v) is 13.9. The summed E-state index contributed by atoms with van der Waals surface area (Å²) in [5.41, 5.74) is 0. The molecule has 0 spiro atoms. The van der Waals surface area contributed by atoms with E-state index in [4.69, 9.17) is 13.8 Å². The first kappa shape index (κ1) is 68.7. The van der Waals surface area contributed by atoms with Gasteiger partial charge in [0, 0.05) is 12.8 Å². The third-order valence-electron chi connectivity index (χ3n) is 13.0. The number of esters is 1. The molecule has 71 heavy (non-hydrogen) atoms. The van der Waals surface area contributed by atoms with E-state index in [0.717, 1.165) is 77.0 Å². The molecule has 0 saturated carbocycles. The van der Waals surface area contributed by atoms with E-state index in [0.29, 0.717) is 23.9 Å². The van der Waals surface area contributed by atoms with Crippen LogP contribution in [-0.4, -0.2) is 74.3 Å². The number of carbonyl (C=O) groups is 2. The number of likely N-dealkylation sites (N-methyl/N-ethyl adjacent to an activating group) is 1. The first-order valence-corrected chi connectivity index (χ1v) is 31.1. The maximum Gasteiger partial charge on any atom is 0.472 e. The SMILES string of the molecule is CCCCC/C=C\C/C=C\C/C=C\C/C=C\CCCCCC(=O)NC(COP(=O)(O)OCC[N+](C)(C)C)C(/C=C\CCCCCCCCCCCC)OC(=O)CCCCCCCCCCCCCCCC. The van der Waals surface area contributed by atoms with Crippen molar-refractivity contribution < 1.29 is 37.3 Å². The maximum absolute atomic E-state index is 13.5. The summed E-state index contributed by atoms with van der Waals surface area (Å²) in [5.74, 6) is -0.536.